The van der Waals surface area contributed by atoms with Gasteiger partial charge in [0, 0.05) is 5.39 Å². The largest absolute Gasteiger partial charge is 0.496 e. The van der Waals surface area contributed by atoms with Crippen molar-refractivity contribution in [1.29, 1.82) is 0 Å². The summed E-state index contributed by atoms with van der Waals surface area (Å²) in [6, 6.07) is 3.90. The van der Waals surface area contributed by atoms with Gasteiger partial charge < -0.3 is 9.26 Å². The van der Waals surface area contributed by atoms with Gasteiger partial charge in [-0.05, 0) is 26.0 Å². The molecule has 1 heterocycles. The highest BCUT2D eigenvalue weighted by molar-refractivity contribution is 5.89. The van der Waals surface area contributed by atoms with Gasteiger partial charge in [0.1, 0.15) is 5.75 Å². The van der Waals surface area contributed by atoms with E-state index in [4.69, 9.17) is 9.26 Å². The zero-order chi connectivity index (χ0) is 10.8. The number of ether oxygens (including phenoxy) is 1. The van der Waals surface area contributed by atoms with Crippen LogP contribution in [0.15, 0.2) is 22.7 Å². The molecule has 3 heteroatoms. The minimum absolute atomic E-state index is 0.782. The summed E-state index contributed by atoms with van der Waals surface area (Å²) in [7, 11) is 1.65. The van der Waals surface area contributed by atoms with Crippen molar-refractivity contribution in [3.8, 4) is 5.75 Å². The highest BCUT2D eigenvalue weighted by Gasteiger charge is 2.11. The van der Waals surface area contributed by atoms with E-state index in [9.17, 15) is 0 Å². The number of methoxy groups -OCH3 is 1. The van der Waals surface area contributed by atoms with Crippen LogP contribution in [0.25, 0.3) is 17.0 Å². The number of hydrogen-bond acceptors (Lipinski definition) is 3. The zero-order valence-corrected chi connectivity index (χ0v) is 9.07. The van der Waals surface area contributed by atoms with Gasteiger partial charge in [-0.2, -0.15) is 0 Å². The van der Waals surface area contributed by atoms with Gasteiger partial charge in [0.25, 0.3) is 0 Å². The van der Waals surface area contributed by atoms with E-state index >= 15 is 0 Å². The van der Waals surface area contributed by atoms with E-state index in [-0.39, 0.29) is 0 Å². The molecule has 0 unspecified atom stereocenters. The molecule has 15 heavy (non-hydrogen) atoms. The van der Waals surface area contributed by atoms with Crippen molar-refractivity contribution in [2.75, 3.05) is 7.11 Å². The fraction of sp³-hybridized carbons (Fsp3) is 0.250. The van der Waals surface area contributed by atoms with Gasteiger partial charge in [0.2, 0.25) is 0 Å². The lowest BCUT2D eigenvalue weighted by Gasteiger charge is -2.03. The van der Waals surface area contributed by atoms with Crippen molar-refractivity contribution in [1.82, 2.24) is 5.16 Å². The number of nitrogens with zero attached hydrogens (tertiary/aromatic N) is 1. The summed E-state index contributed by atoms with van der Waals surface area (Å²) in [6.07, 6.45) is 3.92. The molecule has 0 atom stereocenters. The topological polar surface area (TPSA) is 35.3 Å². The van der Waals surface area contributed by atoms with Crippen LogP contribution in [-0.4, -0.2) is 12.3 Å². The van der Waals surface area contributed by atoms with E-state index in [1.54, 1.807) is 7.11 Å². The van der Waals surface area contributed by atoms with Crippen LogP contribution in [0.5, 0.6) is 5.75 Å². The van der Waals surface area contributed by atoms with Gasteiger partial charge in [-0.1, -0.05) is 17.3 Å². The summed E-state index contributed by atoms with van der Waals surface area (Å²) in [5.41, 5.74) is 2.63. The Hall–Kier alpha value is -1.77. The highest BCUT2D eigenvalue weighted by atomic mass is 16.5. The Morgan fingerprint density at radius 3 is 2.87 bits per heavy atom. The lowest BCUT2D eigenvalue weighted by atomic mass is 10.1. The molecule has 0 fully saturated rings. The maximum Gasteiger partial charge on any atom is 0.178 e. The standard InChI is InChI=1S/C12H13NO2/c1-4-5-10-11(14-3)7-6-9-8(2)13-15-12(9)10/h4-7H,1-3H3. The summed E-state index contributed by atoms with van der Waals surface area (Å²) in [5.74, 6) is 0.803. The number of hydrogen-bond donors (Lipinski definition) is 0. The lowest BCUT2D eigenvalue weighted by Crippen LogP contribution is -1.87. The first-order valence-electron chi connectivity index (χ1n) is 4.83. The molecule has 0 spiro atoms. The molecule has 0 saturated heterocycles. The Bertz CT molecular complexity index is 512. The summed E-state index contributed by atoms with van der Waals surface area (Å²) >= 11 is 0. The van der Waals surface area contributed by atoms with Crippen molar-refractivity contribution >= 4 is 17.0 Å². The number of rotatable bonds is 2. The smallest absolute Gasteiger partial charge is 0.178 e. The van der Waals surface area contributed by atoms with Crippen LogP contribution in [0.1, 0.15) is 18.2 Å². The van der Waals surface area contributed by atoms with E-state index in [0.717, 1.165) is 28.0 Å². The number of benzene rings is 1. The van der Waals surface area contributed by atoms with Crippen LogP contribution in [0.4, 0.5) is 0 Å². The van der Waals surface area contributed by atoms with Crippen LogP contribution in [-0.2, 0) is 0 Å². The Kier molecular flexibility index (Phi) is 2.46. The molecule has 0 saturated carbocycles. The highest BCUT2D eigenvalue weighted by Crippen LogP contribution is 2.30. The molecule has 3 nitrogen and oxygen atoms in total. The Balaban J connectivity index is 2.79. The molecule has 2 rings (SSSR count). The van der Waals surface area contributed by atoms with E-state index < -0.39 is 0 Å². The number of aromatic nitrogens is 1. The second kappa shape index (κ2) is 3.77. The van der Waals surface area contributed by atoms with E-state index in [1.807, 2.05) is 38.1 Å². The minimum atomic E-state index is 0.782. The molecular formula is C12H13NO2. The number of aryl methyl sites for hydroxylation is 1. The maximum atomic E-state index is 5.29. The average Bonchev–Trinajstić information content (AvgIpc) is 2.62. The molecule has 0 N–H and O–H groups in total. The van der Waals surface area contributed by atoms with Gasteiger partial charge in [0.15, 0.2) is 5.58 Å². The molecule has 0 aliphatic rings. The first-order chi connectivity index (χ1) is 7.27. The third kappa shape index (κ3) is 1.50. The molecule has 1 aromatic heterocycles. The minimum Gasteiger partial charge on any atom is -0.496 e. The van der Waals surface area contributed by atoms with Gasteiger partial charge in [0.05, 0.1) is 18.4 Å². The molecule has 0 amide bonds. The van der Waals surface area contributed by atoms with Crippen molar-refractivity contribution in [2.24, 2.45) is 0 Å². The second-order valence-electron chi connectivity index (χ2n) is 3.33. The summed E-state index contributed by atoms with van der Waals surface area (Å²) < 4.78 is 10.6. The van der Waals surface area contributed by atoms with Crippen LogP contribution >= 0.6 is 0 Å². The van der Waals surface area contributed by atoms with Crippen LogP contribution in [0.3, 0.4) is 0 Å². The van der Waals surface area contributed by atoms with Crippen LogP contribution in [0.2, 0.25) is 0 Å². The predicted molar refractivity (Wildman–Crippen MR) is 60.0 cm³/mol. The zero-order valence-electron chi connectivity index (χ0n) is 9.07. The normalized spacial score (nSPS) is 11.4. The molecule has 2 aromatic rings. The molecule has 1 aromatic carbocycles. The number of fused-ring (bicyclic) bond motifs is 1. The average molecular weight is 203 g/mol. The van der Waals surface area contributed by atoms with Crippen molar-refractivity contribution in [3.05, 3.63) is 29.5 Å². The van der Waals surface area contributed by atoms with Crippen LogP contribution in [0, 0.1) is 6.92 Å². The Labute approximate surface area is 88.3 Å². The van der Waals surface area contributed by atoms with Crippen molar-refractivity contribution < 1.29 is 9.26 Å². The third-order valence-electron chi connectivity index (χ3n) is 2.37. The molecule has 0 radical (unpaired) electrons. The summed E-state index contributed by atoms with van der Waals surface area (Å²) in [4.78, 5) is 0. The first kappa shape index (κ1) is 9.77. The van der Waals surface area contributed by atoms with Gasteiger partial charge in [-0.25, -0.2) is 0 Å². The van der Waals surface area contributed by atoms with E-state index in [0.29, 0.717) is 0 Å². The number of allylic oxidation sites excluding steroid dienone is 1. The monoisotopic (exact) mass is 203 g/mol. The molecule has 78 valence electrons. The van der Waals surface area contributed by atoms with E-state index in [2.05, 4.69) is 5.16 Å². The quantitative estimate of drug-likeness (QED) is 0.751. The van der Waals surface area contributed by atoms with Gasteiger partial charge >= 0.3 is 0 Å². The molecule has 0 aliphatic heterocycles. The van der Waals surface area contributed by atoms with Crippen molar-refractivity contribution in [2.45, 2.75) is 13.8 Å². The fourth-order valence-corrected chi connectivity index (χ4v) is 1.63. The molecular weight excluding hydrogens is 190 g/mol. The van der Waals surface area contributed by atoms with Crippen molar-refractivity contribution in [3.63, 3.8) is 0 Å². The predicted octanol–water partition coefficient (Wildman–Crippen LogP) is 3.18. The van der Waals surface area contributed by atoms with E-state index in [1.165, 1.54) is 0 Å². The first-order valence-corrected chi connectivity index (χ1v) is 4.83. The Morgan fingerprint density at radius 2 is 2.20 bits per heavy atom. The van der Waals surface area contributed by atoms with Crippen LogP contribution < -0.4 is 4.74 Å². The summed E-state index contributed by atoms with van der Waals surface area (Å²) in [5, 5.41) is 4.98. The van der Waals surface area contributed by atoms with Gasteiger partial charge in [-0.15, -0.1) is 0 Å². The molecule has 0 aliphatic carbocycles. The lowest BCUT2D eigenvalue weighted by molar-refractivity contribution is 0.410. The summed E-state index contributed by atoms with van der Waals surface area (Å²) in [6.45, 7) is 3.89. The fourth-order valence-electron chi connectivity index (χ4n) is 1.63. The molecule has 0 bridgehead atoms. The Morgan fingerprint density at radius 1 is 1.40 bits per heavy atom. The second-order valence-corrected chi connectivity index (χ2v) is 3.33. The SMILES string of the molecule is CC=Cc1c(OC)ccc2c(C)noc12. The third-order valence-corrected chi connectivity index (χ3v) is 2.37. The maximum absolute atomic E-state index is 5.29. The van der Waals surface area contributed by atoms with Gasteiger partial charge in [-0.3, -0.25) is 0 Å².